The van der Waals surface area contributed by atoms with Crippen LogP contribution in [0.5, 0.6) is 0 Å². The Bertz CT molecular complexity index is 731. The van der Waals surface area contributed by atoms with Crippen LogP contribution in [0, 0.1) is 0 Å². The van der Waals surface area contributed by atoms with Crippen LogP contribution in [-0.4, -0.2) is 68.8 Å². The minimum Gasteiger partial charge on any atom is -0.335 e. The first kappa shape index (κ1) is 19.6. The second-order valence-electron chi connectivity index (χ2n) is 7.22. The number of hydrogen-bond acceptors (Lipinski definition) is 3. The highest BCUT2D eigenvalue weighted by atomic mass is 35.5. The molecule has 2 fully saturated rings. The Morgan fingerprint density at radius 2 is 1.81 bits per heavy atom. The number of sulfonamides is 1. The topological polar surface area (TPSA) is 62.1 Å². The Hall–Kier alpha value is -1.15. The average Bonchev–Trinajstić information content (AvgIpc) is 2.64. The quantitative estimate of drug-likeness (QED) is 0.806. The van der Waals surface area contributed by atoms with Crippen LogP contribution in [0.3, 0.4) is 0 Å². The number of piperidine rings is 1. The third kappa shape index (κ3) is 4.39. The normalized spacial score (nSPS) is 25.2. The maximum absolute atomic E-state index is 12.7. The molecule has 2 heterocycles. The van der Waals surface area contributed by atoms with Crippen molar-refractivity contribution >= 4 is 27.5 Å². The van der Waals surface area contributed by atoms with Crippen LogP contribution in [0.4, 0.5) is 0 Å². The molecule has 0 saturated carbocycles. The minimum absolute atomic E-state index is 0.136. The molecular weight excluding hydrogens is 374 g/mol. The molecule has 26 heavy (non-hydrogen) atoms. The van der Waals surface area contributed by atoms with E-state index in [1.165, 1.54) is 40.6 Å². The van der Waals surface area contributed by atoms with Crippen molar-refractivity contribution in [3.8, 4) is 0 Å². The number of quaternary nitrogens is 1. The van der Waals surface area contributed by atoms with Gasteiger partial charge in [0.1, 0.15) is 0 Å². The molecule has 0 aliphatic carbocycles. The Kier molecular flexibility index (Phi) is 6.22. The lowest BCUT2D eigenvalue weighted by Crippen LogP contribution is -3.17. The Labute approximate surface area is 160 Å². The van der Waals surface area contributed by atoms with Crippen LogP contribution in [-0.2, 0) is 14.8 Å². The van der Waals surface area contributed by atoms with Gasteiger partial charge in [-0.2, -0.15) is 4.31 Å². The van der Waals surface area contributed by atoms with Gasteiger partial charge in [0.2, 0.25) is 10.0 Å². The summed E-state index contributed by atoms with van der Waals surface area (Å²) < 4.78 is 26.9. The number of carbonyl (C=O) groups is 1. The third-order valence-electron chi connectivity index (χ3n) is 5.50. The summed E-state index contributed by atoms with van der Waals surface area (Å²) in [6, 6.07) is 6.74. The summed E-state index contributed by atoms with van der Waals surface area (Å²) in [6.45, 7) is 5.35. The molecule has 1 amide bonds. The largest absolute Gasteiger partial charge is 0.335 e. The number of piperazine rings is 1. The molecule has 0 aromatic heterocycles. The molecule has 2 saturated heterocycles. The monoisotopic (exact) mass is 400 g/mol. The van der Waals surface area contributed by atoms with Crippen molar-refractivity contribution in [1.82, 2.24) is 9.21 Å². The van der Waals surface area contributed by atoms with Crippen LogP contribution < -0.4 is 4.90 Å². The number of nitrogens with one attached hydrogen (secondary N) is 1. The van der Waals surface area contributed by atoms with E-state index >= 15 is 0 Å². The number of rotatable bonds is 4. The summed E-state index contributed by atoms with van der Waals surface area (Å²) >= 11 is 5.84. The molecule has 6 nitrogen and oxygen atoms in total. The van der Waals surface area contributed by atoms with E-state index in [1.54, 1.807) is 12.1 Å². The smallest absolute Gasteiger partial charge is 0.277 e. The highest BCUT2D eigenvalue weighted by Crippen LogP contribution is 2.19. The molecule has 1 aromatic carbocycles. The third-order valence-corrected chi connectivity index (χ3v) is 7.67. The second-order valence-corrected chi connectivity index (χ2v) is 9.60. The molecule has 1 aromatic rings. The van der Waals surface area contributed by atoms with Gasteiger partial charge in [-0.05, 0) is 50.5 Å². The summed E-state index contributed by atoms with van der Waals surface area (Å²) in [5.74, 6) is 0.136. The van der Waals surface area contributed by atoms with E-state index in [1.807, 2.05) is 4.90 Å². The fraction of sp³-hybridized carbons (Fsp3) is 0.611. The number of likely N-dealkylation sites (tertiary alicyclic amines) is 1. The van der Waals surface area contributed by atoms with Crippen molar-refractivity contribution in [2.45, 2.75) is 37.1 Å². The fourth-order valence-electron chi connectivity index (χ4n) is 3.76. The highest BCUT2D eigenvalue weighted by Gasteiger charge is 2.32. The van der Waals surface area contributed by atoms with E-state index in [2.05, 4.69) is 6.92 Å². The lowest BCUT2D eigenvalue weighted by Gasteiger charge is -2.36. The fourth-order valence-corrected chi connectivity index (χ4v) is 5.30. The summed E-state index contributed by atoms with van der Waals surface area (Å²) in [5, 5.41) is 0.508. The van der Waals surface area contributed by atoms with Crippen LogP contribution >= 0.6 is 11.6 Å². The molecule has 1 N–H and O–H groups in total. The lowest BCUT2D eigenvalue weighted by molar-refractivity contribution is -0.921. The predicted octanol–water partition coefficient (Wildman–Crippen LogP) is 0.630. The number of benzene rings is 1. The van der Waals surface area contributed by atoms with E-state index in [4.69, 9.17) is 11.6 Å². The van der Waals surface area contributed by atoms with E-state index in [-0.39, 0.29) is 10.8 Å². The molecule has 3 rings (SSSR count). The average molecular weight is 401 g/mol. The summed E-state index contributed by atoms with van der Waals surface area (Å²) in [4.78, 5) is 16.0. The predicted molar refractivity (Wildman–Crippen MR) is 101 cm³/mol. The van der Waals surface area contributed by atoms with Gasteiger partial charge in [-0.15, -0.1) is 0 Å². The lowest BCUT2D eigenvalue weighted by atomic mass is 10.0. The van der Waals surface area contributed by atoms with Crippen LogP contribution in [0.1, 0.15) is 26.2 Å². The van der Waals surface area contributed by atoms with Crippen LogP contribution in [0.25, 0.3) is 0 Å². The first-order valence-electron chi connectivity index (χ1n) is 9.26. The standard InChI is InChI=1S/C18H26ClN3O3S/c1-15-4-2-3-9-21(15)14-18(23)20-10-12-22(13-11-20)26(24,25)17-7-5-16(19)6-8-17/h5-8,15H,2-4,9-14H2,1H3/p+1/t15-/m1/s1. The number of nitrogens with zero attached hydrogens (tertiary/aromatic N) is 2. The van der Waals surface area contributed by atoms with Gasteiger partial charge in [-0.1, -0.05) is 11.6 Å². The maximum Gasteiger partial charge on any atom is 0.277 e. The second kappa shape index (κ2) is 8.25. The number of hydrogen-bond donors (Lipinski definition) is 1. The Morgan fingerprint density at radius 1 is 1.15 bits per heavy atom. The Balaban J connectivity index is 1.56. The highest BCUT2D eigenvalue weighted by molar-refractivity contribution is 7.89. The number of amides is 1. The molecule has 2 aliphatic rings. The summed E-state index contributed by atoms with van der Waals surface area (Å²) in [5.41, 5.74) is 0. The molecular formula is C18H27ClN3O3S+. The van der Waals surface area contributed by atoms with Gasteiger partial charge in [-0.3, -0.25) is 4.79 Å². The van der Waals surface area contributed by atoms with Crippen molar-refractivity contribution in [1.29, 1.82) is 0 Å². The van der Waals surface area contributed by atoms with Gasteiger partial charge in [-0.25, -0.2) is 8.42 Å². The van der Waals surface area contributed by atoms with Crippen molar-refractivity contribution in [2.75, 3.05) is 39.3 Å². The number of halogens is 1. The van der Waals surface area contributed by atoms with Gasteiger partial charge in [0, 0.05) is 31.2 Å². The minimum atomic E-state index is -3.53. The van der Waals surface area contributed by atoms with Crippen molar-refractivity contribution < 1.29 is 18.1 Å². The zero-order chi connectivity index (χ0) is 18.7. The van der Waals surface area contributed by atoms with Gasteiger partial charge in [0.25, 0.3) is 5.91 Å². The molecule has 2 atom stereocenters. The molecule has 0 radical (unpaired) electrons. The first-order valence-corrected chi connectivity index (χ1v) is 11.1. The van der Waals surface area contributed by atoms with Gasteiger partial charge >= 0.3 is 0 Å². The Morgan fingerprint density at radius 3 is 2.42 bits per heavy atom. The molecule has 8 heteroatoms. The van der Waals surface area contributed by atoms with Crippen LogP contribution in [0.2, 0.25) is 5.02 Å². The van der Waals surface area contributed by atoms with Gasteiger partial charge in [0.05, 0.1) is 17.5 Å². The van der Waals surface area contributed by atoms with Gasteiger partial charge < -0.3 is 9.80 Å². The molecule has 0 bridgehead atoms. The zero-order valence-corrected chi connectivity index (χ0v) is 16.7. The molecule has 144 valence electrons. The van der Waals surface area contributed by atoms with Crippen molar-refractivity contribution in [2.24, 2.45) is 0 Å². The van der Waals surface area contributed by atoms with Gasteiger partial charge in [0.15, 0.2) is 6.54 Å². The van der Waals surface area contributed by atoms with E-state index < -0.39 is 10.0 Å². The van der Waals surface area contributed by atoms with E-state index in [9.17, 15) is 13.2 Å². The van der Waals surface area contributed by atoms with E-state index in [0.29, 0.717) is 43.8 Å². The summed E-state index contributed by atoms with van der Waals surface area (Å²) in [6.07, 6.45) is 3.61. The molecule has 0 spiro atoms. The molecule has 2 aliphatic heterocycles. The SMILES string of the molecule is C[C@@H]1CCCC[NH+]1CC(=O)N1CCN(S(=O)(=O)c2ccc(Cl)cc2)CC1. The first-order chi connectivity index (χ1) is 12.4. The zero-order valence-electron chi connectivity index (χ0n) is 15.2. The molecule has 1 unspecified atom stereocenters. The maximum atomic E-state index is 12.7. The van der Waals surface area contributed by atoms with Crippen molar-refractivity contribution in [3.05, 3.63) is 29.3 Å². The van der Waals surface area contributed by atoms with Crippen LogP contribution in [0.15, 0.2) is 29.2 Å². The van der Waals surface area contributed by atoms with Crippen molar-refractivity contribution in [3.63, 3.8) is 0 Å². The summed E-state index contributed by atoms with van der Waals surface area (Å²) in [7, 11) is -3.53. The van der Waals surface area contributed by atoms with E-state index in [0.717, 1.165) is 6.54 Å². The number of carbonyl (C=O) groups excluding carboxylic acids is 1.